The van der Waals surface area contributed by atoms with Crippen molar-refractivity contribution >= 4 is 0 Å². The van der Waals surface area contributed by atoms with Gasteiger partial charge in [-0.05, 0) is 25.7 Å². The zero-order valence-electron chi connectivity index (χ0n) is 8.12. The molecule has 0 aromatic rings. The second-order valence-electron chi connectivity index (χ2n) is 4.08. The van der Waals surface area contributed by atoms with Crippen molar-refractivity contribution in [3.8, 4) is 0 Å². The van der Waals surface area contributed by atoms with Gasteiger partial charge in [-0.15, -0.1) is 0 Å². The van der Waals surface area contributed by atoms with Gasteiger partial charge < -0.3 is 9.84 Å². The molecule has 1 aliphatic carbocycles. The van der Waals surface area contributed by atoms with Crippen molar-refractivity contribution in [3.63, 3.8) is 0 Å². The van der Waals surface area contributed by atoms with E-state index in [0.717, 1.165) is 5.92 Å². The molecule has 0 bridgehead atoms. The standard InChI is InChI=1S/C10H20O2/c1-8-4-3-5-10(6-8)12-7-9(2)11/h8-11H,3-7H2,1-2H3/t8?,9-,10?/m0/s1. The van der Waals surface area contributed by atoms with Crippen LogP contribution in [-0.2, 0) is 4.74 Å². The molecule has 1 aliphatic rings. The monoisotopic (exact) mass is 172 g/mol. The first kappa shape index (κ1) is 10.0. The fraction of sp³-hybridized carbons (Fsp3) is 1.00. The molecular formula is C10H20O2. The third-order valence-electron chi connectivity index (χ3n) is 2.46. The van der Waals surface area contributed by atoms with Crippen molar-refractivity contribution < 1.29 is 9.84 Å². The average Bonchev–Trinajstić information content (AvgIpc) is 2.01. The minimum atomic E-state index is -0.317. The van der Waals surface area contributed by atoms with Crippen LogP contribution in [0.3, 0.4) is 0 Å². The summed E-state index contributed by atoms with van der Waals surface area (Å²) in [6, 6.07) is 0. The molecule has 0 spiro atoms. The zero-order chi connectivity index (χ0) is 8.97. The van der Waals surface area contributed by atoms with E-state index < -0.39 is 0 Å². The number of ether oxygens (including phenoxy) is 1. The number of rotatable bonds is 3. The molecule has 0 aromatic carbocycles. The molecule has 0 aromatic heterocycles. The van der Waals surface area contributed by atoms with Gasteiger partial charge in [0, 0.05) is 0 Å². The highest BCUT2D eigenvalue weighted by Crippen LogP contribution is 2.25. The van der Waals surface area contributed by atoms with Gasteiger partial charge in [0.2, 0.25) is 0 Å². The van der Waals surface area contributed by atoms with E-state index in [0.29, 0.717) is 12.7 Å². The summed E-state index contributed by atoms with van der Waals surface area (Å²) >= 11 is 0. The predicted octanol–water partition coefficient (Wildman–Crippen LogP) is 1.96. The molecule has 2 unspecified atom stereocenters. The lowest BCUT2D eigenvalue weighted by molar-refractivity contribution is -0.0260. The average molecular weight is 172 g/mol. The lowest BCUT2D eigenvalue weighted by Gasteiger charge is -2.27. The molecule has 1 saturated carbocycles. The van der Waals surface area contributed by atoms with E-state index in [-0.39, 0.29) is 6.10 Å². The lowest BCUT2D eigenvalue weighted by atomic mass is 9.89. The smallest absolute Gasteiger partial charge is 0.0745 e. The van der Waals surface area contributed by atoms with Gasteiger partial charge in [0.05, 0.1) is 18.8 Å². The molecule has 0 heterocycles. The number of aliphatic hydroxyl groups excluding tert-OH is 1. The molecular weight excluding hydrogens is 152 g/mol. The minimum absolute atomic E-state index is 0.317. The Kier molecular flexibility index (Phi) is 4.02. The Morgan fingerprint density at radius 3 is 2.83 bits per heavy atom. The first-order valence-corrected chi connectivity index (χ1v) is 4.98. The van der Waals surface area contributed by atoms with Gasteiger partial charge in [-0.3, -0.25) is 0 Å². The normalized spacial score (nSPS) is 33.2. The van der Waals surface area contributed by atoms with Crippen molar-refractivity contribution in [1.29, 1.82) is 0 Å². The van der Waals surface area contributed by atoms with Crippen LogP contribution in [0.5, 0.6) is 0 Å². The van der Waals surface area contributed by atoms with E-state index in [2.05, 4.69) is 6.92 Å². The van der Waals surface area contributed by atoms with Gasteiger partial charge in [-0.1, -0.05) is 19.8 Å². The molecule has 72 valence electrons. The number of hydrogen-bond acceptors (Lipinski definition) is 2. The highest BCUT2D eigenvalue weighted by atomic mass is 16.5. The summed E-state index contributed by atoms with van der Waals surface area (Å²) in [5.74, 6) is 0.803. The van der Waals surface area contributed by atoms with Crippen molar-refractivity contribution in [2.24, 2.45) is 5.92 Å². The molecule has 0 aliphatic heterocycles. The van der Waals surface area contributed by atoms with Crippen molar-refractivity contribution in [3.05, 3.63) is 0 Å². The predicted molar refractivity (Wildman–Crippen MR) is 49.1 cm³/mol. The summed E-state index contributed by atoms with van der Waals surface area (Å²) in [5, 5.41) is 9.02. The van der Waals surface area contributed by atoms with Crippen molar-refractivity contribution in [2.45, 2.75) is 51.7 Å². The third kappa shape index (κ3) is 3.55. The Hall–Kier alpha value is -0.0800. The lowest BCUT2D eigenvalue weighted by Crippen LogP contribution is -2.24. The quantitative estimate of drug-likeness (QED) is 0.705. The Labute approximate surface area is 74.9 Å². The van der Waals surface area contributed by atoms with Gasteiger partial charge in [0.1, 0.15) is 0 Å². The molecule has 0 amide bonds. The second kappa shape index (κ2) is 4.83. The molecule has 0 radical (unpaired) electrons. The van der Waals surface area contributed by atoms with Gasteiger partial charge >= 0.3 is 0 Å². The van der Waals surface area contributed by atoms with Crippen molar-refractivity contribution in [2.75, 3.05) is 6.61 Å². The summed E-state index contributed by atoms with van der Waals surface area (Å²) in [4.78, 5) is 0. The van der Waals surface area contributed by atoms with Gasteiger partial charge in [-0.25, -0.2) is 0 Å². The number of hydrogen-bond donors (Lipinski definition) is 1. The molecule has 2 heteroatoms. The summed E-state index contributed by atoms with van der Waals surface area (Å²) in [6.07, 6.45) is 5.06. The van der Waals surface area contributed by atoms with Crippen molar-refractivity contribution in [1.82, 2.24) is 0 Å². The van der Waals surface area contributed by atoms with Crippen LogP contribution in [0.2, 0.25) is 0 Å². The third-order valence-corrected chi connectivity index (χ3v) is 2.46. The highest BCUT2D eigenvalue weighted by Gasteiger charge is 2.19. The summed E-state index contributed by atoms with van der Waals surface area (Å²) in [6.45, 7) is 4.54. The van der Waals surface area contributed by atoms with Crippen LogP contribution in [0.25, 0.3) is 0 Å². The van der Waals surface area contributed by atoms with Crippen LogP contribution in [0.15, 0.2) is 0 Å². The van der Waals surface area contributed by atoms with Gasteiger partial charge in [0.15, 0.2) is 0 Å². The van der Waals surface area contributed by atoms with Crippen LogP contribution >= 0.6 is 0 Å². The highest BCUT2D eigenvalue weighted by molar-refractivity contribution is 4.70. The minimum Gasteiger partial charge on any atom is -0.391 e. The maximum Gasteiger partial charge on any atom is 0.0745 e. The first-order chi connectivity index (χ1) is 5.68. The molecule has 1 N–H and O–H groups in total. The number of aliphatic hydroxyl groups is 1. The maximum absolute atomic E-state index is 9.02. The largest absolute Gasteiger partial charge is 0.391 e. The summed E-state index contributed by atoms with van der Waals surface area (Å²) in [5.41, 5.74) is 0. The Morgan fingerprint density at radius 1 is 1.50 bits per heavy atom. The molecule has 3 atom stereocenters. The topological polar surface area (TPSA) is 29.5 Å². The van der Waals surface area contributed by atoms with Crippen LogP contribution in [-0.4, -0.2) is 23.9 Å². The van der Waals surface area contributed by atoms with Crippen LogP contribution in [0.1, 0.15) is 39.5 Å². The fourth-order valence-corrected chi connectivity index (χ4v) is 1.81. The van der Waals surface area contributed by atoms with E-state index in [9.17, 15) is 0 Å². The van der Waals surface area contributed by atoms with Gasteiger partial charge in [0.25, 0.3) is 0 Å². The van der Waals surface area contributed by atoms with E-state index in [1.54, 1.807) is 6.92 Å². The zero-order valence-corrected chi connectivity index (χ0v) is 8.12. The summed E-state index contributed by atoms with van der Waals surface area (Å²) in [7, 11) is 0. The SMILES string of the molecule is CC1CCCC(OC[C@H](C)O)C1. The van der Waals surface area contributed by atoms with Crippen LogP contribution in [0.4, 0.5) is 0 Å². The molecule has 1 fully saturated rings. The van der Waals surface area contributed by atoms with Crippen LogP contribution in [0, 0.1) is 5.92 Å². The van der Waals surface area contributed by atoms with E-state index in [4.69, 9.17) is 9.84 Å². The van der Waals surface area contributed by atoms with E-state index in [1.807, 2.05) is 0 Å². The Bertz CT molecular complexity index is 123. The van der Waals surface area contributed by atoms with Gasteiger partial charge in [-0.2, -0.15) is 0 Å². The summed E-state index contributed by atoms with van der Waals surface area (Å²) < 4.78 is 5.56. The molecule has 1 rings (SSSR count). The van der Waals surface area contributed by atoms with E-state index in [1.165, 1.54) is 25.7 Å². The second-order valence-corrected chi connectivity index (χ2v) is 4.08. The van der Waals surface area contributed by atoms with E-state index >= 15 is 0 Å². The Balaban J connectivity index is 2.14. The first-order valence-electron chi connectivity index (χ1n) is 4.98. The van der Waals surface area contributed by atoms with Crippen LogP contribution < -0.4 is 0 Å². The molecule has 2 nitrogen and oxygen atoms in total. The Morgan fingerprint density at radius 2 is 2.25 bits per heavy atom. The maximum atomic E-state index is 9.02. The molecule has 0 saturated heterocycles. The molecule has 12 heavy (non-hydrogen) atoms. The fourth-order valence-electron chi connectivity index (χ4n) is 1.81.